The molecule has 6 nitrogen and oxygen atoms in total. The SMILES string of the molecule is Cc1nc2nc(C)c(CCC(=O)N[C@@H](C)[C@H]3C[C@H]4CC[C@H]3C4)c(C)n2n1. The molecule has 6 heteroatoms. The Kier molecular flexibility index (Phi) is 4.45. The first-order valence-electron chi connectivity index (χ1n) is 9.91. The second-order valence-electron chi connectivity index (χ2n) is 8.33. The molecule has 26 heavy (non-hydrogen) atoms. The van der Waals surface area contributed by atoms with Crippen LogP contribution in [-0.4, -0.2) is 31.5 Å². The third kappa shape index (κ3) is 3.10. The van der Waals surface area contributed by atoms with Crippen LogP contribution in [0.3, 0.4) is 0 Å². The topological polar surface area (TPSA) is 72.2 Å². The van der Waals surface area contributed by atoms with Crippen molar-refractivity contribution in [1.82, 2.24) is 24.9 Å². The van der Waals surface area contributed by atoms with Gasteiger partial charge in [0.15, 0.2) is 0 Å². The van der Waals surface area contributed by atoms with Gasteiger partial charge in [0, 0.05) is 23.9 Å². The molecule has 2 aromatic heterocycles. The third-order valence-electron chi connectivity index (χ3n) is 6.58. The zero-order chi connectivity index (χ0) is 18.4. The van der Waals surface area contributed by atoms with Crippen LogP contribution in [-0.2, 0) is 11.2 Å². The summed E-state index contributed by atoms with van der Waals surface area (Å²) in [5.41, 5.74) is 3.07. The second-order valence-corrected chi connectivity index (χ2v) is 8.33. The van der Waals surface area contributed by atoms with Crippen molar-refractivity contribution in [3.05, 3.63) is 22.8 Å². The first-order chi connectivity index (χ1) is 12.4. The molecule has 1 N–H and O–H groups in total. The van der Waals surface area contributed by atoms with Crippen LogP contribution in [0.25, 0.3) is 5.78 Å². The number of rotatable bonds is 5. The van der Waals surface area contributed by atoms with E-state index in [0.717, 1.165) is 34.6 Å². The van der Waals surface area contributed by atoms with E-state index in [0.29, 0.717) is 30.6 Å². The van der Waals surface area contributed by atoms with Gasteiger partial charge in [-0.2, -0.15) is 10.1 Å². The Morgan fingerprint density at radius 3 is 2.73 bits per heavy atom. The van der Waals surface area contributed by atoms with E-state index in [-0.39, 0.29) is 5.91 Å². The maximum absolute atomic E-state index is 12.5. The van der Waals surface area contributed by atoms with Crippen LogP contribution >= 0.6 is 0 Å². The highest BCUT2D eigenvalue weighted by Crippen LogP contribution is 2.49. The minimum Gasteiger partial charge on any atom is -0.353 e. The van der Waals surface area contributed by atoms with Gasteiger partial charge in [-0.15, -0.1) is 0 Å². The maximum atomic E-state index is 12.5. The number of carbonyl (C=O) groups is 1. The summed E-state index contributed by atoms with van der Waals surface area (Å²) in [5.74, 6) is 3.93. The zero-order valence-electron chi connectivity index (χ0n) is 16.2. The van der Waals surface area contributed by atoms with Gasteiger partial charge in [0.25, 0.3) is 5.78 Å². The number of amides is 1. The van der Waals surface area contributed by atoms with Crippen LogP contribution in [0, 0.1) is 38.5 Å². The number of fused-ring (bicyclic) bond motifs is 3. The molecule has 4 rings (SSSR count). The molecular weight excluding hydrogens is 326 g/mol. The van der Waals surface area contributed by atoms with E-state index >= 15 is 0 Å². The highest BCUT2D eigenvalue weighted by molar-refractivity contribution is 5.76. The minimum atomic E-state index is 0.147. The maximum Gasteiger partial charge on any atom is 0.252 e. The molecule has 4 atom stereocenters. The summed E-state index contributed by atoms with van der Waals surface area (Å²) in [6, 6.07) is 0.290. The lowest BCUT2D eigenvalue weighted by Gasteiger charge is -2.28. The molecule has 1 amide bonds. The van der Waals surface area contributed by atoms with E-state index in [1.54, 1.807) is 4.52 Å². The molecule has 0 saturated heterocycles. The summed E-state index contributed by atoms with van der Waals surface area (Å²) in [7, 11) is 0. The number of nitrogens with one attached hydrogen (secondary N) is 1. The van der Waals surface area contributed by atoms with E-state index < -0.39 is 0 Å². The molecular formula is C20H29N5O. The molecule has 2 bridgehead atoms. The van der Waals surface area contributed by atoms with E-state index in [1.807, 2.05) is 20.8 Å². The molecule has 0 aliphatic heterocycles. The van der Waals surface area contributed by atoms with Crippen molar-refractivity contribution in [1.29, 1.82) is 0 Å². The summed E-state index contributed by atoms with van der Waals surface area (Å²) >= 11 is 0. The smallest absolute Gasteiger partial charge is 0.252 e. The third-order valence-corrected chi connectivity index (χ3v) is 6.58. The van der Waals surface area contributed by atoms with E-state index in [9.17, 15) is 4.79 Å². The Balaban J connectivity index is 1.39. The van der Waals surface area contributed by atoms with Crippen molar-refractivity contribution in [3.63, 3.8) is 0 Å². The molecule has 0 unspecified atom stereocenters. The highest BCUT2D eigenvalue weighted by Gasteiger charge is 2.42. The number of aromatic nitrogens is 4. The highest BCUT2D eigenvalue weighted by atomic mass is 16.1. The Hall–Kier alpha value is -1.98. The van der Waals surface area contributed by atoms with E-state index in [1.165, 1.54) is 25.7 Å². The van der Waals surface area contributed by atoms with E-state index in [2.05, 4.69) is 27.3 Å². The minimum absolute atomic E-state index is 0.147. The largest absolute Gasteiger partial charge is 0.353 e. The Morgan fingerprint density at radius 1 is 1.23 bits per heavy atom. The van der Waals surface area contributed by atoms with Crippen LogP contribution < -0.4 is 5.32 Å². The van der Waals surface area contributed by atoms with Crippen LogP contribution in [0.1, 0.15) is 61.8 Å². The predicted molar refractivity (Wildman–Crippen MR) is 99.9 cm³/mol. The fourth-order valence-corrected chi connectivity index (χ4v) is 5.25. The molecule has 0 radical (unpaired) electrons. The predicted octanol–water partition coefficient (Wildman–Crippen LogP) is 2.92. The molecule has 2 aliphatic rings. The fraction of sp³-hybridized carbons (Fsp3) is 0.700. The summed E-state index contributed by atoms with van der Waals surface area (Å²) in [5, 5.41) is 7.67. The first-order valence-corrected chi connectivity index (χ1v) is 9.91. The fourth-order valence-electron chi connectivity index (χ4n) is 5.25. The van der Waals surface area contributed by atoms with Gasteiger partial charge < -0.3 is 5.32 Å². The van der Waals surface area contributed by atoms with Gasteiger partial charge >= 0.3 is 0 Å². The van der Waals surface area contributed by atoms with Crippen molar-refractivity contribution < 1.29 is 4.79 Å². The second kappa shape index (κ2) is 6.63. The lowest BCUT2D eigenvalue weighted by atomic mass is 9.84. The number of hydrogen-bond acceptors (Lipinski definition) is 4. The normalized spacial score (nSPS) is 25.8. The van der Waals surface area contributed by atoms with Crippen molar-refractivity contribution in [2.24, 2.45) is 17.8 Å². The molecule has 140 valence electrons. The molecule has 2 heterocycles. The van der Waals surface area contributed by atoms with Crippen molar-refractivity contribution in [3.8, 4) is 0 Å². The molecule has 0 spiro atoms. The average Bonchev–Trinajstić information content (AvgIpc) is 3.29. The average molecular weight is 355 g/mol. The summed E-state index contributed by atoms with van der Waals surface area (Å²) in [4.78, 5) is 21.4. The summed E-state index contributed by atoms with van der Waals surface area (Å²) < 4.78 is 1.79. The lowest BCUT2D eigenvalue weighted by molar-refractivity contribution is -0.122. The molecule has 2 aromatic rings. The number of aryl methyl sites for hydroxylation is 3. The van der Waals surface area contributed by atoms with Crippen molar-refractivity contribution in [2.75, 3.05) is 0 Å². The van der Waals surface area contributed by atoms with Crippen LogP contribution in [0.5, 0.6) is 0 Å². The van der Waals surface area contributed by atoms with Gasteiger partial charge in [-0.3, -0.25) is 4.79 Å². The molecule has 2 fully saturated rings. The van der Waals surface area contributed by atoms with E-state index in [4.69, 9.17) is 0 Å². The Labute approximate surface area is 154 Å². The first kappa shape index (κ1) is 17.4. The number of carbonyl (C=O) groups excluding carboxylic acids is 1. The van der Waals surface area contributed by atoms with Gasteiger partial charge in [0.1, 0.15) is 5.82 Å². The Morgan fingerprint density at radius 2 is 2.04 bits per heavy atom. The van der Waals surface area contributed by atoms with Crippen LogP contribution in [0.4, 0.5) is 0 Å². The van der Waals surface area contributed by atoms with Gasteiger partial charge in [-0.05, 0) is 76.7 Å². The summed E-state index contributed by atoms with van der Waals surface area (Å²) in [6.45, 7) is 8.07. The van der Waals surface area contributed by atoms with Gasteiger partial charge in [0.05, 0.1) is 0 Å². The molecule has 0 aromatic carbocycles. The number of nitrogens with zero attached hydrogens (tertiary/aromatic N) is 4. The monoisotopic (exact) mass is 355 g/mol. The van der Waals surface area contributed by atoms with Gasteiger partial charge in [0.2, 0.25) is 5.91 Å². The summed E-state index contributed by atoms with van der Waals surface area (Å²) in [6.07, 6.45) is 6.62. The van der Waals surface area contributed by atoms with Gasteiger partial charge in [-0.25, -0.2) is 9.50 Å². The standard InChI is InChI=1S/C20H29N5O/c1-11-17(13(3)25-20(22-11)23-14(4)24-25)7-8-19(26)21-12(2)18-10-15-5-6-16(18)9-15/h12,15-16,18H,5-10H2,1-4H3,(H,21,26)/t12-,15-,16-,18+/m0/s1. The Bertz CT molecular complexity index is 842. The van der Waals surface area contributed by atoms with Crippen LogP contribution in [0.2, 0.25) is 0 Å². The quantitative estimate of drug-likeness (QED) is 0.895. The number of hydrogen-bond donors (Lipinski definition) is 1. The van der Waals surface area contributed by atoms with Crippen molar-refractivity contribution in [2.45, 2.75) is 72.3 Å². The van der Waals surface area contributed by atoms with Gasteiger partial charge in [-0.1, -0.05) is 6.42 Å². The van der Waals surface area contributed by atoms with Crippen LogP contribution in [0.15, 0.2) is 0 Å². The lowest BCUT2D eigenvalue weighted by Crippen LogP contribution is -2.40. The zero-order valence-corrected chi connectivity index (χ0v) is 16.2. The molecule has 2 saturated carbocycles. The van der Waals surface area contributed by atoms with Crippen molar-refractivity contribution >= 4 is 11.7 Å². The molecule has 2 aliphatic carbocycles.